The molecule has 0 saturated carbocycles. The van der Waals surface area contributed by atoms with Gasteiger partial charge in [0.25, 0.3) is 0 Å². The number of aryl methyl sites for hydroxylation is 1. The zero-order valence-electron chi connectivity index (χ0n) is 11.4. The van der Waals surface area contributed by atoms with Gasteiger partial charge in [0.2, 0.25) is 0 Å². The molecule has 6 heteroatoms. The van der Waals surface area contributed by atoms with E-state index in [1.165, 1.54) is 12.8 Å². The highest BCUT2D eigenvalue weighted by atomic mass is 16.5. The fraction of sp³-hybridized carbons (Fsp3) is 0.846. The minimum absolute atomic E-state index is 0.101. The molecule has 0 amide bonds. The Hall–Kier alpha value is -0.980. The van der Waals surface area contributed by atoms with E-state index in [2.05, 4.69) is 15.0 Å². The Morgan fingerprint density at radius 3 is 3.32 bits per heavy atom. The Bertz CT molecular complexity index is 423. The summed E-state index contributed by atoms with van der Waals surface area (Å²) in [7, 11) is 0. The van der Waals surface area contributed by atoms with E-state index in [0.29, 0.717) is 12.5 Å². The molecule has 106 valence electrons. The van der Waals surface area contributed by atoms with E-state index in [4.69, 9.17) is 4.74 Å². The maximum Gasteiger partial charge on any atom is 0.138 e. The highest BCUT2D eigenvalue weighted by Crippen LogP contribution is 2.24. The SMILES string of the molecule is CCn1ncnc1CC(O)C1CN2CCCC2CO1. The molecule has 0 spiro atoms. The Morgan fingerprint density at radius 1 is 1.58 bits per heavy atom. The molecule has 2 aliphatic rings. The second-order valence-electron chi connectivity index (χ2n) is 5.43. The summed E-state index contributed by atoms with van der Waals surface area (Å²) in [6, 6.07) is 0.572. The third-order valence-corrected chi connectivity index (χ3v) is 4.23. The van der Waals surface area contributed by atoms with Crippen molar-refractivity contribution in [2.45, 2.75) is 51.0 Å². The molecule has 3 rings (SSSR count). The number of rotatable bonds is 4. The highest BCUT2D eigenvalue weighted by molar-refractivity contribution is 4.93. The van der Waals surface area contributed by atoms with Crippen LogP contribution in [0.3, 0.4) is 0 Å². The van der Waals surface area contributed by atoms with E-state index in [1.54, 1.807) is 6.33 Å². The van der Waals surface area contributed by atoms with Crippen molar-refractivity contribution in [3.05, 3.63) is 12.2 Å². The number of aromatic nitrogens is 3. The van der Waals surface area contributed by atoms with Crippen LogP contribution in [-0.2, 0) is 17.7 Å². The molecule has 2 saturated heterocycles. The summed E-state index contributed by atoms with van der Waals surface area (Å²) in [4.78, 5) is 6.66. The summed E-state index contributed by atoms with van der Waals surface area (Å²) in [6.07, 6.45) is 3.93. The predicted octanol–water partition coefficient (Wildman–Crippen LogP) is 0.0646. The topological polar surface area (TPSA) is 63.4 Å². The second kappa shape index (κ2) is 5.56. The van der Waals surface area contributed by atoms with E-state index in [9.17, 15) is 5.11 Å². The zero-order valence-corrected chi connectivity index (χ0v) is 11.4. The van der Waals surface area contributed by atoms with E-state index in [1.807, 2.05) is 11.6 Å². The van der Waals surface area contributed by atoms with E-state index in [-0.39, 0.29) is 6.10 Å². The molecule has 2 fully saturated rings. The minimum atomic E-state index is -0.504. The molecule has 2 aliphatic heterocycles. The van der Waals surface area contributed by atoms with Crippen LogP contribution in [-0.4, -0.2) is 62.7 Å². The Labute approximate surface area is 113 Å². The van der Waals surface area contributed by atoms with Crippen LogP contribution >= 0.6 is 0 Å². The Morgan fingerprint density at radius 2 is 2.47 bits per heavy atom. The van der Waals surface area contributed by atoms with E-state index < -0.39 is 6.10 Å². The number of morpholine rings is 1. The lowest BCUT2D eigenvalue weighted by Gasteiger charge is -2.37. The van der Waals surface area contributed by atoms with Crippen LogP contribution < -0.4 is 0 Å². The van der Waals surface area contributed by atoms with Crippen LogP contribution in [0, 0.1) is 0 Å². The summed E-state index contributed by atoms with van der Waals surface area (Å²) < 4.78 is 7.65. The standard InChI is InChI=1S/C13H22N4O2/c1-2-17-13(14-9-15-17)6-11(18)12-7-16-5-3-4-10(16)8-19-12/h9-12,18H,2-8H2,1H3. The van der Waals surface area contributed by atoms with Crippen molar-refractivity contribution in [3.8, 4) is 0 Å². The summed E-state index contributed by atoms with van der Waals surface area (Å²) >= 11 is 0. The normalized spacial score (nSPS) is 29.4. The second-order valence-corrected chi connectivity index (χ2v) is 5.43. The van der Waals surface area contributed by atoms with Gasteiger partial charge >= 0.3 is 0 Å². The zero-order chi connectivity index (χ0) is 13.2. The molecule has 0 radical (unpaired) electrons. The van der Waals surface area contributed by atoms with Crippen molar-refractivity contribution in [1.82, 2.24) is 19.7 Å². The monoisotopic (exact) mass is 266 g/mol. The lowest BCUT2D eigenvalue weighted by Crippen LogP contribution is -2.51. The average molecular weight is 266 g/mol. The Balaban J connectivity index is 1.59. The van der Waals surface area contributed by atoms with Crippen LogP contribution in [0.5, 0.6) is 0 Å². The smallest absolute Gasteiger partial charge is 0.138 e. The number of ether oxygens (including phenoxy) is 1. The van der Waals surface area contributed by atoms with Crippen molar-refractivity contribution in [3.63, 3.8) is 0 Å². The van der Waals surface area contributed by atoms with Gasteiger partial charge in [-0.15, -0.1) is 0 Å². The third-order valence-electron chi connectivity index (χ3n) is 4.23. The van der Waals surface area contributed by atoms with Crippen molar-refractivity contribution in [1.29, 1.82) is 0 Å². The summed E-state index contributed by atoms with van der Waals surface area (Å²) in [5, 5.41) is 14.5. The van der Waals surface area contributed by atoms with Gasteiger partial charge in [-0.3, -0.25) is 9.58 Å². The molecule has 3 heterocycles. The number of aliphatic hydroxyl groups is 1. The van der Waals surface area contributed by atoms with Gasteiger partial charge in [-0.25, -0.2) is 4.98 Å². The Kier molecular flexibility index (Phi) is 3.81. The number of hydrogen-bond acceptors (Lipinski definition) is 5. The van der Waals surface area contributed by atoms with Gasteiger partial charge in [-0.05, 0) is 26.3 Å². The maximum atomic E-state index is 10.4. The van der Waals surface area contributed by atoms with Gasteiger partial charge < -0.3 is 9.84 Å². The first kappa shape index (κ1) is 13.0. The summed E-state index contributed by atoms with van der Waals surface area (Å²) in [5.74, 6) is 0.835. The quantitative estimate of drug-likeness (QED) is 0.835. The lowest BCUT2D eigenvalue weighted by molar-refractivity contribution is -0.102. The van der Waals surface area contributed by atoms with Crippen LogP contribution in [0.4, 0.5) is 0 Å². The van der Waals surface area contributed by atoms with Crippen molar-refractivity contribution >= 4 is 0 Å². The number of nitrogens with zero attached hydrogens (tertiary/aromatic N) is 4. The first-order chi connectivity index (χ1) is 9.28. The molecule has 0 aliphatic carbocycles. The number of hydrogen-bond donors (Lipinski definition) is 1. The molecule has 19 heavy (non-hydrogen) atoms. The third kappa shape index (κ3) is 2.66. The molecule has 0 aromatic carbocycles. The summed E-state index contributed by atoms with van der Waals surface area (Å²) in [6.45, 7) is 5.54. The molecule has 1 aromatic rings. The molecular formula is C13H22N4O2. The van der Waals surface area contributed by atoms with Crippen LogP contribution in [0.25, 0.3) is 0 Å². The van der Waals surface area contributed by atoms with Gasteiger partial charge in [-0.1, -0.05) is 0 Å². The van der Waals surface area contributed by atoms with Gasteiger partial charge in [0, 0.05) is 25.6 Å². The van der Waals surface area contributed by atoms with Crippen LogP contribution in [0.1, 0.15) is 25.6 Å². The number of aliphatic hydroxyl groups excluding tert-OH is 1. The molecule has 3 unspecified atom stereocenters. The first-order valence-corrected chi connectivity index (χ1v) is 7.18. The largest absolute Gasteiger partial charge is 0.390 e. The van der Waals surface area contributed by atoms with Crippen molar-refractivity contribution in [2.24, 2.45) is 0 Å². The molecular weight excluding hydrogens is 244 g/mol. The predicted molar refractivity (Wildman–Crippen MR) is 69.7 cm³/mol. The van der Waals surface area contributed by atoms with Gasteiger partial charge in [-0.2, -0.15) is 5.10 Å². The van der Waals surface area contributed by atoms with Crippen LogP contribution in [0.2, 0.25) is 0 Å². The maximum absolute atomic E-state index is 10.4. The average Bonchev–Trinajstić information content (AvgIpc) is 3.05. The van der Waals surface area contributed by atoms with E-state index >= 15 is 0 Å². The molecule has 0 bridgehead atoms. The lowest BCUT2D eigenvalue weighted by atomic mass is 10.1. The molecule has 6 nitrogen and oxygen atoms in total. The van der Waals surface area contributed by atoms with Gasteiger partial charge in [0.05, 0.1) is 18.8 Å². The molecule has 1 N–H and O–H groups in total. The van der Waals surface area contributed by atoms with Gasteiger partial charge in [0.15, 0.2) is 0 Å². The minimum Gasteiger partial charge on any atom is -0.390 e. The number of fused-ring (bicyclic) bond motifs is 1. The van der Waals surface area contributed by atoms with Gasteiger partial charge in [0.1, 0.15) is 12.2 Å². The fourth-order valence-electron chi connectivity index (χ4n) is 3.10. The summed E-state index contributed by atoms with van der Waals surface area (Å²) in [5.41, 5.74) is 0. The first-order valence-electron chi connectivity index (χ1n) is 7.18. The van der Waals surface area contributed by atoms with Crippen LogP contribution in [0.15, 0.2) is 6.33 Å². The molecule has 1 aromatic heterocycles. The van der Waals surface area contributed by atoms with Crippen molar-refractivity contribution < 1.29 is 9.84 Å². The fourth-order valence-corrected chi connectivity index (χ4v) is 3.10. The molecule has 3 atom stereocenters. The highest BCUT2D eigenvalue weighted by Gasteiger charge is 2.35. The van der Waals surface area contributed by atoms with Crippen molar-refractivity contribution in [2.75, 3.05) is 19.7 Å². The van der Waals surface area contributed by atoms with E-state index in [0.717, 1.165) is 32.1 Å².